The van der Waals surface area contributed by atoms with Gasteiger partial charge in [0.05, 0.1) is 5.69 Å². The molecule has 0 spiro atoms. The Bertz CT molecular complexity index is 836. The highest BCUT2D eigenvalue weighted by molar-refractivity contribution is 5.82. The molecule has 0 aliphatic carbocycles. The lowest BCUT2D eigenvalue weighted by atomic mass is 9.98. The van der Waals surface area contributed by atoms with Crippen molar-refractivity contribution < 1.29 is 4.39 Å². The number of nitrogens with one attached hydrogen (secondary N) is 1. The van der Waals surface area contributed by atoms with Gasteiger partial charge in [0.25, 0.3) is 0 Å². The second-order valence-corrected chi connectivity index (χ2v) is 5.46. The van der Waals surface area contributed by atoms with Crippen LogP contribution in [0.4, 0.5) is 4.39 Å². The summed E-state index contributed by atoms with van der Waals surface area (Å²) in [5, 5.41) is 7.90. The molecular weight excluding hydrogens is 279 g/mol. The Morgan fingerprint density at radius 2 is 1.91 bits per heavy atom. The molecule has 0 fully saturated rings. The highest BCUT2D eigenvalue weighted by Gasteiger charge is 2.20. The van der Waals surface area contributed by atoms with Crippen LogP contribution >= 0.6 is 0 Å². The van der Waals surface area contributed by atoms with Crippen molar-refractivity contribution in [2.75, 3.05) is 0 Å². The van der Waals surface area contributed by atoms with E-state index < -0.39 is 0 Å². The molecular formula is C17H15FN4. The van der Waals surface area contributed by atoms with E-state index in [1.165, 1.54) is 17.7 Å². The fourth-order valence-corrected chi connectivity index (χ4v) is 2.95. The summed E-state index contributed by atoms with van der Waals surface area (Å²) in [7, 11) is 1.90. The third kappa shape index (κ3) is 2.10. The minimum atomic E-state index is -0.241. The van der Waals surface area contributed by atoms with Gasteiger partial charge in [-0.3, -0.25) is 9.67 Å². The van der Waals surface area contributed by atoms with Crippen molar-refractivity contribution in [2.24, 2.45) is 7.05 Å². The molecule has 1 aliphatic rings. The van der Waals surface area contributed by atoms with E-state index in [2.05, 4.69) is 15.4 Å². The van der Waals surface area contributed by atoms with Gasteiger partial charge in [0, 0.05) is 43.7 Å². The van der Waals surface area contributed by atoms with E-state index in [1.807, 2.05) is 25.5 Å². The number of aryl methyl sites for hydroxylation is 1. The number of hydrogen-bond acceptors (Lipinski definition) is 3. The van der Waals surface area contributed by atoms with Gasteiger partial charge in [-0.2, -0.15) is 5.10 Å². The Hall–Kier alpha value is -2.53. The Morgan fingerprint density at radius 3 is 2.73 bits per heavy atom. The number of halogens is 1. The van der Waals surface area contributed by atoms with Gasteiger partial charge in [0.2, 0.25) is 0 Å². The summed E-state index contributed by atoms with van der Waals surface area (Å²) in [4.78, 5) is 4.43. The molecule has 1 aromatic carbocycles. The van der Waals surface area contributed by atoms with Crippen molar-refractivity contribution in [3.8, 4) is 22.4 Å². The molecule has 22 heavy (non-hydrogen) atoms. The molecule has 3 aromatic rings. The van der Waals surface area contributed by atoms with Crippen LogP contribution in [0, 0.1) is 5.82 Å². The van der Waals surface area contributed by atoms with Gasteiger partial charge >= 0.3 is 0 Å². The lowest BCUT2D eigenvalue weighted by Gasteiger charge is -2.07. The first-order valence-corrected chi connectivity index (χ1v) is 7.20. The fourth-order valence-electron chi connectivity index (χ4n) is 2.95. The van der Waals surface area contributed by atoms with Crippen molar-refractivity contribution in [1.82, 2.24) is 20.1 Å². The second-order valence-electron chi connectivity index (χ2n) is 5.46. The Labute approximate surface area is 127 Å². The molecule has 0 saturated heterocycles. The average Bonchev–Trinajstić information content (AvgIpc) is 3.14. The number of nitrogens with zero attached hydrogens (tertiary/aromatic N) is 3. The zero-order valence-corrected chi connectivity index (χ0v) is 12.2. The van der Waals surface area contributed by atoms with Gasteiger partial charge in [-0.05, 0) is 41.5 Å². The quantitative estimate of drug-likeness (QED) is 0.790. The number of benzene rings is 1. The number of hydrogen-bond donors (Lipinski definition) is 1. The molecule has 0 saturated carbocycles. The van der Waals surface area contributed by atoms with E-state index in [-0.39, 0.29) is 5.82 Å². The summed E-state index contributed by atoms with van der Waals surface area (Å²) >= 11 is 0. The van der Waals surface area contributed by atoms with E-state index in [9.17, 15) is 4.39 Å². The third-order valence-electron chi connectivity index (χ3n) is 3.98. The highest BCUT2D eigenvalue weighted by atomic mass is 19.1. The first-order valence-electron chi connectivity index (χ1n) is 7.20. The zero-order valence-electron chi connectivity index (χ0n) is 12.2. The SMILES string of the molecule is Cn1cc(-c2ccnc3c2CNC3)c(-c2ccc(F)cc2)n1. The molecule has 3 heterocycles. The monoisotopic (exact) mass is 294 g/mol. The van der Waals surface area contributed by atoms with Crippen molar-refractivity contribution in [3.63, 3.8) is 0 Å². The zero-order chi connectivity index (χ0) is 15.1. The normalized spacial score (nSPS) is 13.4. The van der Waals surface area contributed by atoms with Gasteiger partial charge < -0.3 is 5.32 Å². The van der Waals surface area contributed by atoms with Gasteiger partial charge in [-0.25, -0.2) is 4.39 Å². The molecule has 4 rings (SSSR count). The highest BCUT2D eigenvalue weighted by Crippen LogP contribution is 2.34. The first-order chi connectivity index (χ1) is 10.7. The van der Waals surface area contributed by atoms with Gasteiger partial charge in [-0.15, -0.1) is 0 Å². The van der Waals surface area contributed by atoms with Gasteiger partial charge in [0.15, 0.2) is 0 Å². The topological polar surface area (TPSA) is 42.7 Å². The summed E-state index contributed by atoms with van der Waals surface area (Å²) in [6, 6.07) is 8.48. The molecule has 110 valence electrons. The lowest BCUT2D eigenvalue weighted by molar-refractivity contribution is 0.628. The number of rotatable bonds is 2. The van der Waals surface area contributed by atoms with Crippen LogP contribution in [0.2, 0.25) is 0 Å². The maximum absolute atomic E-state index is 13.2. The summed E-state index contributed by atoms with van der Waals surface area (Å²) < 4.78 is 15.0. The van der Waals surface area contributed by atoms with E-state index in [0.717, 1.165) is 41.2 Å². The largest absolute Gasteiger partial charge is 0.307 e. The molecule has 4 nitrogen and oxygen atoms in total. The van der Waals surface area contributed by atoms with Crippen LogP contribution in [-0.4, -0.2) is 14.8 Å². The standard InChI is InChI=1S/C17H15FN4/c1-22-10-15(13-6-7-20-16-9-19-8-14(13)16)17(21-22)11-2-4-12(18)5-3-11/h2-7,10,19H,8-9H2,1H3. The van der Waals surface area contributed by atoms with Crippen LogP contribution < -0.4 is 5.32 Å². The lowest BCUT2D eigenvalue weighted by Crippen LogP contribution is -2.00. The summed E-state index contributed by atoms with van der Waals surface area (Å²) in [6.07, 6.45) is 3.84. The van der Waals surface area contributed by atoms with Crippen LogP contribution in [0.25, 0.3) is 22.4 Å². The number of pyridine rings is 1. The third-order valence-corrected chi connectivity index (χ3v) is 3.98. The van der Waals surface area contributed by atoms with Crippen LogP contribution in [-0.2, 0) is 20.1 Å². The first kappa shape index (κ1) is 13.2. The van der Waals surface area contributed by atoms with E-state index in [0.29, 0.717) is 0 Å². The molecule has 1 aliphatic heterocycles. The van der Waals surface area contributed by atoms with Crippen molar-refractivity contribution in [3.05, 3.63) is 59.8 Å². The van der Waals surface area contributed by atoms with Crippen LogP contribution in [0.3, 0.4) is 0 Å². The van der Waals surface area contributed by atoms with E-state index >= 15 is 0 Å². The number of fused-ring (bicyclic) bond motifs is 1. The predicted molar refractivity (Wildman–Crippen MR) is 82.4 cm³/mol. The minimum absolute atomic E-state index is 0.241. The molecule has 0 radical (unpaired) electrons. The molecule has 0 unspecified atom stereocenters. The van der Waals surface area contributed by atoms with E-state index in [4.69, 9.17) is 0 Å². The smallest absolute Gasteiger partial charge is 0.123 e. The molecule has 1 N–H and O–H groups in total. The van der Waals surface area contributed by atoms with Crippen molar-refractivity contribution in [2.45, 2.75) is 13.1 Å². The van der Waals surface area contributed by atoms with Crippen LogP contribution in [0.15, 0.2) is 42.7 Å². The Morgan fingerprint density at radius 1 is 1.09 bits per heavy atom. The van der Waals surface area contributed by atoms with Crippen LogP contribution in [0.5, 0.6) is 0 Å². The molecule has 0 atom stereocenters. The molecule has 2 aromatic heterocycles. The molecule has 0 amide bonds. The fraction of sp³-hybridized carbons (Fsp3) is 0.176. The van der Waals surface area contributed by atoms with Crippen molar-refractivity contribution in [1.29, 1.82) is 0 Å². The molecule has 0 bridgehead atoms. The summed E-state index contributed by atoms with van der Waals surface area (Å²) in [5.74, 6) is -0.241. The van der Waals surface area contributed by atoms with Gasteiger partial charge in [-0.1, -0.05) is 0 Å². The van der Waals surface area contributed by atoms with Gasteiger partial charge in [0.1, 0.15) is 11.5 Å². The minimum Gasteiger partial charge on any atom is -0.307 e. The average molecular weight is 294 g/mol. The summed E-state index contributed by atoms with van der Waals surface area (Å²) in [5.41, 5.74) is 6.28. The summed E-state index contributed by atoms with van der Waals surface area (Å²) in [6.45, 7) is 1.62. The second kappa shape index (κ2) is 5.03. The predicted octanol–water partition coefficient (Wildman–Crippen LogP) is 2.89. The maximum atomic E-state index is 13.2. The Balaban J connectivity index is 1.90. The van der Waals surface area contributed by atoms with Crippen molar-refractivity contribution >= 4 is 0 Å². The maximum Gasteiger partial charge on any atom is 0.123 e. The Kier molecular flexibility index (Phi) is 3.01. The van der Waals surface area contributed by atoms with E-state index in [1.54, 1.807) is 16.8 Å². The number of aromatic nitrogens is 3. The molecule has 5 heteroatoms. The van der Waals surface area contributed by atoms with Crippen LogP contribution in [0.1, 0.15) is 11.3 Å².